The normalized spacial score (nSPS) is 14.4. The van der Waals surface area contributed by atoms with Crippen molar-refractivity contribution < 1.29 is 32.6 Å². The molecule has 0 saturated carbocycles. The summed E-state index contributed by atoms with van der Waals surface area (Å²) in [6.45, 7) is 0.00648. The van der Waals surface area contributed by atoms with Gasteiger partial charge in [-0.25, -0.2) is 0 Å². The Balaban J connectivity index is 1.83. The first kappa shape index (κ1) is 22.4. The van der Waals surface area contributed by atoms with Crippen LogP contribution in [0.25, 0.3) is 0 Å². The van der Waals surface area contributed by atoms with Crippen LogP contribution >= 0.6 is 0 Å². The second-order valence-electron chi connectivity index (χ2n) is 6.69. The first-order valence-corrected chi connectivity index (χ1v) is 9.23. The van der Waals surface area contributed by atoms with Crippen molar-refractivity contribution in [1.29, 1.82) is 0 Å². The summed E-state index contributed by atoms with van der Waals surface area (Å²) >= 11 is 0. The number of ether oxygens (including phenoxy) is 2. The van der Waals surface area contributed by atoms with Crippen molar-refractivity contribution in [3.8, 4) is 11.5 Å². The number of carbonyl (C=O) groups is 3. The van der Waals surface area contributed by atoms with E-state index in [1.807, 2.05) is 0 Å². The van der Waals surface area contributed by atoms with Crippen LogP contribution in [0.4, 0.5) is 8.78 Å². The van der Waals surface area contributed by atoms with E-state index >= 15 is 0 Å². The number of nitrogens with one attached hydrogen (secondary N) is 2. The van der Waals surface area contributed by atoms with Crippen molar-refractivity contribution in [2.75, 3.05) is 33.3 Å². The summed E-state index contributed by atoms with van der Waals surface area (Å²) in [5, 5.41) is 5.31. The van der Waals surface area contributed by atoms with Gasteiger partial charge < -0.3 is 25.0 Å². The third-order valence-corrected chi connectivity index (χ3v) is 4.65. The van der Waals surface area contributed by atoms with Crippen LogP contribution in [0, 0.1) is 5.92 Å². The Kier molecular flexibility index (Phi) is 8.17. The fourth-order valence-electron chi connectivity index (χ4n) is 3.05. The Morgan fingerprint density at radius 3 is 2.45 bits per heavy atom. The summed E-state index contributed by atoms with van der Waals surface area (Å²) in [4.78, 5) is 37.2. The molecule has 0 bridgehead atoms. The summed E-state index contributed by atoms with van der Waals surface area (Å²) in [6, 6.07) is 3.79. The van der Waals surface area contributed by atoms with E-state index in [1.165, 1.54) is 32.2 Å². The van der Waals surface area contributed by atoms with Crippen molar-refractivity contribution in [2.45, 2.75) is 26.4 Å². The van der Waals surface area contributed by atoms with Gasteiger partial charge in [-0.15, -0.1) is 0 Å². The largest absolute Gasteiger partial charge is 0.493 e. The fraction of sp³-hybridized carbons (Fsp3) is 0.526. The Labute approximate surface area is 167 Å². The summed E-state index contributed by atoms with van der Waals surface area (Å²) in [5.74, 6) is -0.667. The number of benzene rings is 1. The number of carbonyl (C=O) groups excluding carboxylic acids is 3. The molecule has 0 radical (unpaired) electrons. The monoisotopic (exact) mass is 413 g/mol. The third-order valence-electron chi connectivity index (χ3n) is 4.65. The van der Waals surface area contributed by atoms with Crippen LogP contribution in [0.15, 0.2) is 18.2 Å². The lowest BCUT2D eigenvalue weighted by Crippen LogP contribution is -2.45. The molecule has 3 amide bonds. The van der Waals surface area contributed by atoms with Gasteiger partial charge in [-0.1, -0.05) is 0 Å². The molecule has 1 saturated heterocycles. The minimum absolute atomic E-state index is 0.00878. The molecule has 1 aliphatic rings. The number of hydrogen-bond donors (Lipinski definition) is 2. The zero-order valence-corrected chi connectivity index (χ0v) is 16.4. The molecule has 0 spiro atoms. The maximum Gasteiger partial charge on any atom is 0.387 e. The maximum atomic E-state index is 12.4. The molecule has 0 atom stereocenters. The molecule has 2 N–H and O–H groups in total. The van der Waals surface area contributed by atoms with Crippen LogP contribution in [0.2, 0.25) is 0 Å². The predicted molar refractivity (Wildman–Crippen MR) is 99.9 cm³/mol. The molecule has 2 rings (SSSR count). The van der Waals surface area contributed by atoms with Gasteiger partial charge in [0.25, 0.3) is 5.91 Å². The van der Waals surface area contributed by atoms with Crippen LogP contribution in [0.3, 0.4) is 0 Å². The van der Waals surface area contributed by atoms with Crippen molar-refractivity contribution in [3.63, 3.8) is 0 Å². The van der Waals surface area contributed by atoms with Crippen molar-refractivity contribution in [3.05, 3.63) is 23.8 Å². The molecule has 0 aromatic heterocycles. The number of halogens is 2. The molecule has 29 heavy (non-hydrogen) atoms. The molecule has 10 heteroatoms. The van der Waals surface area contributed by atoms with E-state index in [0.29, 0.717) is 25.6 Å². The van der Waals surface area contributed by atoms with Gasteiger partial charge in [0.15, 0.2) is 11.5 Å². The van der Waals surface area contributed by atoms with Crippen LogP contribution in [-0.4, -0.2) is 62.5 Å². The topological polar surface area (TPSA) is 97.0 Å². The van der Waals surface area contributed by atoms with Gasteiger partial charge in [-0.05, 0) is 37.0 Å². The second-order valence-corrected chi connectivity index (χ2v) is 6.69. The number of hydrogen-bond acceptors (Lipinski definition) is 5. The zero-order chi connectivity index (χ0) is 21.4. The van der Waals surface area contributed by atoms with Crippen LogP contribution < -0.4 is 20.1 Å². The molecule has 1 aromatic rings. The number of nitrogens with zero attached hydrogens (tertiary/aromatic N) is 1. The molecule has 0 unspecified atom stereocenters. The van der Waals surface area contributed by atoms with E-state index in [1.54, 1.807) is 4.90 Å². The van der Waals surface area contributed by atoms with E-state index in [4.69, 9.17) is 4.74 Å². The number of alkyl halides is 2. The molecular weight excluding hydrogens is 388 g/mol. The lowest BCUT2D eigenvalue weighted by atomic mass is 9.96. The van der Waals surface area contributed by atoms with Crippen molar-refractivity contribution in [2.24, 2.45) is 5.92 Å². The molecule has 160 valence electrons. The zero-order valence-electron chi connectivity index (χ0n) is 16.4. The van der Waals surface area contributed by atoms with Crippen LogP contribution in [0.1, 0.15) is 30.1 Å². The van der Waals surface area contributed by atoms with Crippen molar-refractivity contribution in [1.82, 2.24) is 15.5 Å². The van der Waals surface area contributed by atoms with E-state index in [-0.39, 0.29) is 35.4 Å². The molecule has 1 aromatic carbocycles. The van der Waals surface area contributed by atoms with Gasteiger partial charge in [0.05, 0.1) is 13.7 Å². The van der Waals surface area contributed by atoms with E-state index < -0.39 is 12.5 Å². The Morgan fingerprint density at radius 2 is 1.86 bits per heavy atom. The highest BCUT2D eigenvalue weighted by atomic mass is 19.3. The highest BCUT2D eigenvalue weighted by molar-refractivity contribution is 5.97. The lowest BCUT2D eigenvalue weighted by molar-refractivity contribution is -0.131. The van der Waals surface area contributed by atoms with E-state index in [9.17, 15) is 23.2 Å². The number of methoxy groups -OCH3 is 1. The first-order chi connectivity index (χ1) is 13.8. The molecule has 0 aliphatic carbocycles. The SMILES string of the molecule is COc1cc(C(=O)NCC(=O)N2CCC(CNC(C)=O)CC2)ccc1OC(F)F. The van der Waals surface area contributed by atoms with Crippen molar-refractivity contribution >= 4 is 17.7 Å². The number of likely N-dealkylation sites (tertiary alicyclic amines) is 1. The number of rotatable bonds is 8. The Bertz CT molecular complexity index is 737. The summed E-state index contributed by atoms with van der Waals surface area (Å²) in [6.07, 6.45) is 1.56. The highest BCUT2D eigenvalue weighted by Crippen LogP contribution is 2.29. The molecular formula is C19H25F2N3O5. The quantitative estimate of drug-likeness (QED) is 0.672. The smallest absolute Gasteiger partial charge is 0.387 e. The lowest BCUT2D eigenvalue weighted by Gasteiger charge is -2.32. The number of amides is 3. The fourth-order valence-corrected chi connectivity index (χ4v) is 3.05. The Hall–Kier alpha value is -2.91. The number of piperidine rings is 1. The minimum atomic E-state index is -3.01. The highest BCUT2D eigenvalue weighted by Gasteiger charge is 2.23. The molecule has 8 nitrogen and oxygen atoms in total. The summed E-state index contributed by atoms with van der Waals surface area (Å²) in [7, 11) is 1.27. The van der Waals surface area contributed by atoms with E-state index in [0.717, 1.165) is 12.8 Å². The standard InChI is InChI=1S/C19H25F2N3O5/c1-12(25)22-10-13-5-7-24(8-6-13)17(26)11-23-18(27)14-3-4-15(29-19(20)21)16(9-14)28-2/h3-4,9,13,19H,5-8,10-11H2,1-2H3,(H,22,25)(H,23,27). The average molecular weight is 413 g/mol. The van der Waals surface area contributed by atoms with E-state index in [2.05, 4.69) is 15.4 Å². The van der Waals surface area contributed by atoms with Crippen LogP contribution in [-0.2, 0) is 9.59 Å². The predicted octanol–water partition coefficient (Wildman–Crippen LogP) is 1.40. The Morgan fingerprint density at radius 1 is 1.17 bits per heavy atom. The third kappa shape index (κ3) is 6.88. The maximum absolute atomic E-state index is 12.4. The van der Waals surface area contributed by atoms with Gasteiger partial charge >= 0.3 is 6.61 Å². The second kappa shape index (κ2) is 10.6. The van der Waals surface area contributed by atoms with Gasteiger partial charge in [0, 0.05) is 32.1 Å². The summed E-state index contributed by atoms with van der Waals surface area (Å²) in [5.41, 5.74) is 0.158. The average Bonchev–Trinajstić information content (AvgIpc) is 2.70. The van der Waals surface area contributed by atoms with Gasteiger partial charge in [0.2, 0.25) is 11.8 Å². The van der Waals surface area contributed by atoms with Crippen LogP contribution in [0.5, 0.6) is 11.5 Å². The van der Waals surface area contributed by atoms with Gasteiger partial charge in [-0.3, -0.25) is 14.4 Å². The first-order valence-electron chi connectivity index (χ1n) is 9.23. The van der Waals surface area contributed by atoms with Gasteiger partial charge in [-0.2, -0.15) is 8.78 Å². The van der Waals surface area contributed by atoms with Gasteiger partial charge in [0.1, 0.15) is 0 Å². The molecule has 1 heterocycles. The molecule has 1 aliphatic heterocycles. The summed E-state index contributed by atoms with van der Waals surface area (Å²) < 4.78 is 34.0. The molecule has 1 fully saturated rings. The minimum Gasteiger partial charge on any atom is -0.493 e.